The van der Waals surface area contributed by atoms with Crippen LogP contribution in [0.25, 0.3) is 10.9 Å². The predicted molar refractivity (Wildman–Crippen MR) is 107 cm³/mol. The number of allylic oxidation sites excluding steroid dienone is 1. The second-order valence-electron chi connectivity index (χ2n) is 7.25. The lowest BCUT2D eigenvalue weighted by Crippen LogP contribution is -2.27. The van der Waals surface area contributed by atoms with Gasteiger partial charge < -0.3 is 0 Å². The number of hydrogen-bond donors (Lipinski definition) is 0. The molecule has 2 aromatic carbocycles. The summed E-state index contributed by atoms with van der Waals surface area (Å²) in [5.74, 6) is -2.01. The van der Waals surface area contributed by atoms with E-state index >= 15 is 0 Å². The van der Waals surface area contributed by atoms with Crippen molar-refractivity contribution in [2.45, 2.75) is 31.8 Å². The van der Waals surface area contributed by atoms with E-state index < -0.39 is 17.7 Å². The first-order valence-corrected chi connectivity index (χ1v) is 9.49. The second-order valence-corrected chi connectivity index (χ2v) is 7.25. The highest BCUT2D eigenvalue weighted by atomic mass is 19.1. The minimum atomic E-state index is -0.694. The summed E-state index contributed by atoms with van der Waals surface area (Å²) in [6.07, 6.45) is 4.11. The Bertz CT molecular complexity index is 1130. The van der Waals surface area contributed by atoms with Gasteiger partial charge in [0.1, 0.15) is 17.5 Å². The number of fused-ring (bicyclic) bond motifs is 1. The quantitative estimate of drug-likeness (QED) is 0.549. The Hall–Kier alpha value is -3.42. The zero-order valence-electron chi connectivity index (χ0n) is 16.1. The lowest BCUT2D eigenvalue weighted by molar-refractivity contribution is -0.133. The Morgan fingerprint density at radius 1 is 1.07 bits per heavy atom. The second kappa shape index (κ2) is 8.14. The Morgan fingerprint density at radius 2 is 1.83 bits per heavy atom. The molecule has 8 heteroatoms. The summed E-state index contributed by atoms with van der Waals surface area (Å²) in [7, 11) is 0. The fourth-order valence-electron chi connectivity index (χ4n) is 3.56. The van der Waals surface area contributed by atoms with Gasteiger partial charge in [-0.2, -0.15) is 10.2 Å². The van der Waals surface area contributed by atoms with Crippen molar-refractivity contribution in [2.75, 3.05) is 0 Å². The summed E-state index contributed by atoms with van der Waals surface area (Å²) in [6, 6.07) is 7.12. The minimum Gasteiger partial charge on any atom is -0.273 e. The van der Waals surface area contributed by atoms with Gasteiger partial charge in [0, 0.05) is 30.5 Å². The zero-order valence-corrected chi connectivity index (χ0v) is 16.1. The van der Waals surface area contributed by atoms with Crippen LogP contribution in [0.5, 0.6) is 0 Å². The number of carbonyl (C=O) groups excluding carboxylic acids is 1. The summed E-state index contributed by atoms with van der Waals surface area (Å²) in [5, 5.41) is 10.4. The van der Waals surface area contributed by atoms with Gasteiger partial charge >= 0.3 is 0 Å². The molecule has 0 aliphatic carbocycles. The number of nitrogens with zero attached hydrogens (tertiary/aromatic N) is 4. The van der Waals surface area contributed by atoms with Gasteiger partial charge in [0.15, 0.2) is 0 Å². The first kappa shape index (κ1) is 19.9. The van der Waals surface area contributed by atoms with Gasteiger partial charge in [0.05, 0.1) is 24.3 Å². The fraction of sp³-hybridized carbons (Fsp3) is 0.227. The Morgan fingerprint density at radius 3 is 2.60 bits per heavy atom. The van der Waals surface area contributed by atoms with Crippen molar-refractivity contribution < 1.29 is 18.0 Å². The van der Waals surface area contributed by atoms with Crippen LogP contribution in [0.4, 0.5) is 13.2 Å². The molecule has 1 aliphatic rings. The van der Waals surface area contributed by atoms with Crippen LogP contribution in [0.15, 0.2) is 59.8 Å². The topological polar surface area (TPSA) is 50.5 Å². The van der Waals surface area contributed by atoms with Crippen molar-refractivity contribution in [3.05, 3.63) is 77.8 Å². The van der Waals surface area contributed by atoms with Crippen LogP contribution in [0.2, 0.25) is 0 Å². The van der Waals surface area contributed by atoms with Crippen molar-refractivity contribution in [1.29, 1.82) is 0 Å². The normalized spacial score (nSPS) is 15.8. The summed E-state index contributed by atoms with van der Waals surface area (Å²) in [6.45, 7) is 4.34. The summed E-state index contributed by atoms with van der Waals surface area (Å²) < 4.78 is 42.3. The van der Waals surface area contributed by atoms with E-state index in [2.05, 4.69) is 16.8 Å². The van der Waals surface area contributed by atoms with E-state index in [-0.39, 0.29) is 18.1 Å². The summed E-state index contributed by atoms with van der Waals surface area (Å²) in [5.41, 5.74) is 1.76. The Balaban J connectivity index is 1.39. The molecule has 5 nitrogen and oxygen atoms in total. The number of hydrogen-bond acceptors (Lipinski definition) is 3. The van der Waals surface area contributed by atoms with Crippen LogP contribution in [0.1, 0.15) is 30.9 Å². The fourth-order valence-corrected chi connectivity index (χ4v) is 3.56. The van der Waals surface area contributed by atoms with Crippen molar-refractivity contribution in [3.8, 4) is 0 Å². The molecule has 1 aliphatic heterocycles. The predicted octanol–water partition coefficient (Wildman–Crippen LogP) is 4.75. The molecule has 1 unspecified atom stereocenters. The number of hydrazone groups is 1. The molecule has 0 fully saturated rings. The average Bonchev–Trinajstić information content (AvgIpc) is 3.33. The van der Waals surface area contributed by atoms with Gasteiger partial charge in [-0.15, -0.1) is 0 Å². The number of aromatic nitrogens is 2. The van der Waals surface area contributed by atoms with Crippen LogP contribution in [0, 0.1) is 17.5 Å². The number of benzene rings is 2. The largest absolute Gasteiger partial charge is 0.273 e. The molecule has 1 amide bonds. The molecule has 0 spiro atoms. The molecular weight excluding hydrogens is 393 g/mol. The lowest BCUT2D eigenvalue weighted by Gasteiger charge is -2.22. The molecule has 0 N–H and O–H groups in total. The molecule has 0 radical (unpaired) electrons. The number of carbonyl (C=O) groups is 1. The third kappa shape index (κ3) is 4.12. The van der Waals surface area contributed by atoms with Crippen LogP contribution >= 0.6 is 0 Å². The van der Waals surface area contributed by atoms with Crippen molar-refractivity contribution in [2.24, 2.45) is 5.10 Å². The zero-order chi connectivity index (χ0) is 21.3. The molecule has 1 aromatic heterocycles. The van der Waals surface area contributed by atoms with Gasteiger partial charge in [0.25, 0.3) is 0 Å². The van der Waals surface area contributed by atoms with E-state index in [4.69, 9.17) is 0 Å². The minimum absolute atomic E-state index is 0.137. The molecule has 0 saturated heterocycles. The molecule has 1 atom stereocenters. The maximum absolute atomic E-state index is 13.6. The Kier molecular flexibility index (Phi) is 5.39. The number of halogens is 3. The van der Waals surface area contributed by atoms with Gasteiger partial charge in [-0.1, -0.05) is 12.2 Å². The van der Waals surface area contributed by atoms with Gasteiger partial charge in [-0.25, -0.2) is 18.2 Å². The maximum atomic E-state index is 13.6. The summed E-state index contributed by atoms with van der Waals surface area (Å²) >= 11 is 0. The van der Waals surface area contributed by atoms with E-state index in [0.717, 1.165) is 17.0 Å². The van der Waals surface area contributed by atoms with Crippen molar-refractivity contribution >= 4 is 23.0 Å². The van der Waals surface area contributed by atoms with Gasteiger partial charge in [-0.3, -0.25) is 9.48 Å². The van der Waals surface area contributed by atoms with Gasteiger partial charge in [-0.05, 0) is 42.3 Å². The molecule has 2 heterocycles. The van der Waals surface area contributed by atoms with E-state index in [1.165, 1.54) is 29.3 Å². The molecular formula is C22H19F3N4O. The highest BCUT2D eigenvalue weighted by Gasteiger charge is 2.28. The summed E-state index contributed by atoms with van der Waals surface area (Å²) in [4.78, 5) is 12.7. The smallest absolute Gasteiger partial charge is 0.243 e. The molecule has 4 rings (SSSR count). The van der Waals surface area contributed by atoms with Crippen LogP contribution in [-0.4, -0.2) is 26.9 Å². The highest BCUT2D eigenvalue weighted by molar-refractivity contribution is 5.80. The molecule has 0 bridgehead atoms. The first-order chi connectivity index (χ1) is 14.4. The van der Waals surface area contributed by atoms with Gasteiger partial charge in [0.2, 0.25) is 5.91 Å². The van der Waals surface area contributed by atoms with Crippen molar-refractivity contribution in [1.82, 2.24) is 14.8 Å². The maximum Gasteiger partial charge on any atom is 0.243 e. The van der Waals surface area contributed by atoms with E-state index in [0.29, 0.717) is 30.5 Å². The third-order valence-electron chi connectivity index (χ3n) is 5.03. The monoisotopic (exact) mass is 412 g/mol. The third-order valence-corrected chi connectivity index (χ3v) is 5.03. The molecule has 154 valence electrons. The van der Waals surface area contributed by atoms with Crippen LogP contribution in [0.3, 0.4) is 0 Å². The molecule has 30 heavy (non-hydrogen) atoms. The molecule has 0 saturated carbocycles. The number of amides is 1. The van der Waals surface area contributed by atoms with E-state index in [9.17, 15) is 18.0 Å². The van der Waals surface area contributed by atoms with Crippen LogP contribution in [-0.2, 0) is 11.3 Å². The average molecular weight is 412 g/mol. The standard InChI is InChI=1S/C22H19F3N4O/c1-14(13-28-21-11-17(23)4-3-15(21)12-27-28)2-5-22(30)29-20(6-7-26-29)16-8-18(24)10-19(25)9-16/h3-4,7-12,20H,1-2,5-6,13H2. The molecule has 3 aromatic rings. The van der Waals surface area contributed by atoms with Crippen LogP contribution < -0.4 is 0 Å². The van der Waals surface area contributed by atoms with Crippen molar-refractivity contribution in [3.63, 3.8) is 0 Å². The van der Waals surface area contributed by atoms with E-state index in [1.54, 1.807) is 23.2 Å². The number of rotatable bonds is 6. The first-order valence-electron chi connectivity index (χ1n) is 9.49. The Labute approximate surface area is 171 Å². The van der Waals surface area contributed by atoms with E-state index in [1.807, 2.05) is 0 Å². The lowest BCUT2D eigenvalue weighted by atomic mass is 10.0. The highest BCUT2D eigenvalue weighted by Crippen LogP contribution is 2.30. The SMILES string of the molecule is C=C(CCC(=O)N1N=CCC1c1cc(F)cc(F)c1)Cn1ncc2ccc(F)cc21.